The average Bonchev–Trinajstić information content (AvgIpc) is 2.19. The number of urea groups is 1. The predicted molar refractivity (Wildman–Crippen MR) is 94.1 cm³/mol. The lowest BCUT2D eigenvalue weighted by molar-refractivity contribution is 0.0107. The van der Waals surface area contributed by atoms with Crippen LogP contribution in [0.15, 0.2) is 0 Å². The van der Waals surface area contributed by atoms with Crippen LogP contribution in [0.4, 0.5) is 4.79 Å². The van der Waals surface area contributed by atoms with E-state index in [1.807, 2.05) is 32.8 Å². The van der Waals surface area contributed by atoms with Crippen LogP contribution in [0.3, 0.4) is 0 Å². The minimum absolute atomic E-state index is 0.0106. The van der Waals surface area contributed by atoms with E-state index in [1.54, 1.807) is 18.7 Å². The lowest BCUT2D eigenvalue weighted by atomic mass is 9.81. The quantitative estimate of drug-likeness (QED) is 0.829. The van der Waals surface area contributed by atoms with Gasteiger partial charge in [0.15, 0.2) is 0 Å². The number of nitrogens with zero attached hydrogens (tertiary/aromatic N) is 2. The molecule has 4 nitrogen and oxygen atoms in total. The fraction of sp³-hybridized carbons (Fsp3) is 0.944. The van der Waals surface area contributed by atoms with E-state index in [0.29, 0.717) is 6.42 Å². The third-order valence-electron chi connectivity index (χ3n) is 4.22. The summed E-state index contributed by atoms with van der Waals surface area (Å²) in [6.45, 7) is 18.3. The first-order valence-electron chi connectivity index (χ1n) is 8.13. The van der Waals surface area contributed by atoms with Crippen molar-refractivity contribution in [3.63, 3.8) is 0 Å². The van der Waals surface area contributed by atoms with Crippen LogP contribution < -0.4 is 0 Å². The number of aliphatic hydroxyl groups is 1. The Morgan fingerprint density at radius 3 is 1.36 bits per heavy atom. The molecular weight excluding hydrogens is 276 g/mol. The molecule has 0 aromatic carbocycles. The Morgan fingerprint density at radius 1 is 0.773 bits per heavy atom. The molecule has 0 aromatic rings. The number of carbonyl (C=O) groups excluding carboxylic acids is 1. The molecular formula is C18H38N2O2. The Bertz CT molecular complexity index is 351. The van der Waals surface area contributed by atoms with Crippen LogP contribution in [-0.2, 0) is 0 Å². The van der Waals surface area contributed by atoms with Crippen molar-refractivity contribution in [2.45, 2.75) is 91.8 Å². The van der Waals surface area contributed by atoms with Crippen LogP contribution in [0.25, 0.3) is 0 Å². The highest BCUT2D eigenvalue weighted by Crippen LogP contribution is 2.32. The largest absolute Gasteiger partial charge is 0.390 e. The van der Waals surface area contributed by atoms with Gasteiger partial charge >= 0.3 is 6.03 Å². The molecule has 0 aliphatic rings. The molecule has 22 heavy (non-hydrogen) atoms. The number of amides is 2. The smallest absolute Gasteiger partial charge is 0.320 e. The summed E-state index contributed by atoms with van der Waals surface area (Å²) in [6.07, 6.45) is 1.44. The SMILES string of the molecule is CN(C(=O)N(C)C(C)(C)CC(C)(C)O)C(C)(C)CC(C)(C)C. The third kappa shape index (κ3) is 6.55. The molecule has 132 valence electrons. The molecule has 4 heteroatoms. The predicted octanol–water partition coefficient (Wildman–Crippen LogP) is 4.12. The minimum Gasteiger partial charge on any atom is -0.390 e. The van der Waals surface area contributed by atoms with Crippen LogP contribution in [0.2, 0.25) is 0 Å². The molecule has 0 aliphatic carbocycles. The van der Waals surface area contributed by atoms with Crippen LogP contribution in [0.5, 0.6) is 0 Å². The van der Waals surface area contributed by atoms with E-state index < -0.39 is 11.1 Å². The van der Waals surface area contributed by atoms with Crippen LogP contribution in [0.1, 0.15) is 75.2 Å². The van der Waals surface area contributed by atoms with Gasteiger partial charge < -0.3 is 14.9 Å². The van der Waals surface area contributed by atoms with Gasteiger partial charge in [0.25, 0.3) is 0 Å². The van der Waals surface area contributed by atoms with Gasteiger partial charge in [-0.05, 0) is 59.8 Å². The van der Waals surface area contributed by atoms with Gasteiger partial charge in [-0.1, -0.05) is 20.8 Å². The summed E-state index contributed by atoms with van der Waals surface area (Å²) < 4.78 is 0. The molecule has 0 unspecified atom stereocenters. The van der Waals surface area contributed by atoms with Gasteiger partial charge in [0.2, 0.25) is 0 Å². The average molecular weight is 315 g/mol. The van der Waals surface area contributed by atoms with Crippen molar-refractivity contribution in [1.29, 1.82) is 0 Å². The maximum atomic E-state index is 12.9. The van der Waals surface area contributed by atoms with Gasteiger partial charge in [-0.15, -0.1) is 0 Å². The van der Waals surface area contributed by atoms with E-state index in [2.05, 4.69) is 34.6 Å². The molecule has 0 fully saturated rings. The summed E-state index contributed by atoms with van der Waals surface area (Å²) in [4.78, 5) is 16.4. The van der Waals surface area contributed by atoms with Crippen molar-refractivity contribution >= 4 is 6.03 Å². The van der Waals surface area contributed by atoms with Gasteiger partial charge in [-0.3, -0.25) is 0 Å². The Morgan fingerprint density at radius 2 is 1.09 bits per heavy atom. The maximum absolute atomic E-state index is 12.9. The molecule has 0 rings (SSSR count). The van der Waals surface area contributed by atoms with E-state index in [-0.39, 0.29) is 17.0 Å². The van der Waals surface area contributed by atoms with Crippen molar-refractivity contribution in [3.05, 3.63) is 0 Å². The second-order valence-corrected chi connectivity index (χ2v) is 9.75. The zero-order valence-electron chi connectivity index (χ0n) is 16.7. The Kier molecular flexibility index (Phi) is 6.16. The summed E-state index contributed by atoms with van der Waals surface area (Å²) in [5.74, 6) is 0. The van der Waals surface area contributed by atoms with Crippen LogP contribution >= 0.6 is 0 Å². The van der Waals surface area contributed by atoms with Gasteiger partial charge in [-0.2, -0.15) is 0 Å². The van der Waals surface area contributed by atoms with Crippen LogP contribution in [-0.4, -0.2) is 51.7 Å². The first-order valence-corrected chi connectivity index (χ1v) is 8.13. The topological polar surface area (TPSA) is 43.8 Å². The Hall–Kier alpha value is -0.770. The van der Waals surface area contributed by atoms with Crippen molar-refractivity contribution in [2.24, 2.45) is 5.41 Å². The lowest BCUT2D eigenvalue weighted by Gasteiger charge is -2.46. The third-order valence-corrected chi connectivity index (χ3v) is 4.22. The van der Waals surface area contributed by atoms with E-state index in [9.17, 15) is 9.90 Å². The van der Waals surface area contributed by atoms with Gasteiger partial charge in [0.05, 0.1) is 5.60 Å². The normalized spacial score (nSPS) is 14.0. The summed E-state index contributed by atoms with van der Waals surface area (Å²) >= 11 is 0. The first kappa shape index (κ1) is 21.2. The molecule has 0 saturated heterocycles. The minimum atomic E-state index is -0.808. The molecule has 0 aromatic heterocycles. The van der Waals surface area contributed by atoms with E-state index in [4.69, 9.17) is 0 Å². The zero-order chi connectivity index (χ0) is 18.1. The molecule has 1 N–H and O–H groups in total. The Balaban J connectivity index is 5.16. The van der Waals surface area contributed by atoms with Crippen molar-refractivity contribution < 1.29 is 9.90 Å². The van der Waals surface area contributed by atoms with E-state index >= 15 is 0 Å². The van der Waals surface area contributed by atoms with Crippen LogP contribution in [0, 0.1) is 5.41 Å². The molecule has 0 spiro atoms. The highest BCUT2D eigenvalue weighted by Gasteiger charge is 2.38. The second kappa shape index (κ2) is 6.38. The summed E-state index contributed by atoms with van der Waals surface area (Å²) in [5.41, 5.74) is -1.30. The molecule has 2 amide bonds. The van der Waals surface area contributed by atoms with Gasteiger partial charge in [0, 0.05) is 25.2 Å². The second-order valence-electron chi connectivity index (χ2n) is 9.75. The standard InChI is InChI=1S/C18H38N2O2/c1-15(2,3)12-16(4,5)19(10)14(21)20(11)17(6,7)13-18(8,9)22/h22H,12-13H2,1-11H3. The monoisotopic (exact) mass is 314 g/mol. The number of hydrogen-bond acceptors (Lipinski definition) is 2. The first-order chi connectivity index (χ1) is 9.39. The van der Waals surface area contributed by atoms with Gasteiger partial charge in [-0.25, -0.2) is 4.79 Å². The molecule has 0 aliphatic heterocycles. The maximum Gasteiger partial charge on any atom is 0.320 e. The highest BCUT2D eigenvalue weighted by atomic mass is 16.3. The molecule has 0 bridgehead atoms. The summed E-state index contributed by atoms with van der Waals surface area (Å²) in [5, 5.41) is 10.1. The molecule has 0 atom stereocenters. The molecule has 0 heterocycles. The van der Waals surface area contributed by atoms with Gasteiger partial charge in [0.1, 0.15) is 0 Å². The number of rotatable bonds is 5. The lowest BCUT2D eigenvalue weighted by Crippen LogP contribution is -2.57. The highest BCUT2D eigenvalue weighted by molar-refractivity contribution is 5.75. The summed E-state index contributed by atoms with van der Waals surface area (Å²) in [7, 11) is 3.68. The number of hydrogen-bond donors (Lipinski definition) is 1. The zero-order valence-corrected chi connectivity index (χ0v) is 16.7. The fourth-order valence-corrected chi connectivity index (χ4v) is 3.34. The van der Waals surface area contributed by atoms with E-state index in [0.717, 1.165) is 6.42 Å². The fourth-order valence-electron chi connectivity index (χ4n) is 3.34. The molecule has 0 saturated carbocycles. The van der Waals surface area contributed by atoms with Crippen molar-refractivity contribution in [3.8, 4) is 0 Å². The summed E-state index contributed by atoms with van der Waals surface area (Å²) in [6, 6.07) is -0.0106. The molecule has 0 radical (unpaired) electrons. The van der Waals surface area contributed by atoms with Crippen molar-refractivity contribution in [1.82, 2.24) is 9.80 Å². The van der Waals surface area contributed by atoms with E-state index in [1.165, 1.54) is 0 Å². The van der Waals surface area contributed by atoms with Crippen molar-refractivity contribution in [2.75, 3.05) is 14.1 Å². The Labute approximate surface area is 137 Å². The number of carbonyl (C=O) groups is 1.